The average molecular weight is 826 g/mol. The first-order valence-corrected chi connectivity index (χ1v) is 22.9. The summed E-state index contributed by atoms with van der Waals surface area (Å²) in [5, 5.41) is 0. The first-order chi connectivity index (χ1) is 30.7. The number of aryl methyl sites for hydroxylation is 4. The lowest BCUT2D eigenvalue weighted by molar-refractivity contribution is 1.07. The van der Waals surface area contributed by atoms with Crippen molar-refractivity contribution < 1.29 is 0 Å². The van der Waals surface area contributed by atoms with E-state index in [1.807, 2.05) is 50.5 Å². The second-order valence-corrected chi connectivity index (χ2v) is 16.1. The van der Waals surface area contributed by atoms with E-state index in [0.29, 0.717) is 0 Å². The minimum absolute atomic E-state index is 0.831. The van der Waals surface area contributed by atoms with Gasteiger partial charge in [-0.2, -0.15) is 0 Å². The highest BCUT2D eigenvalue weighted by Crippen LogP contribution is 2.41. The third-order valence-electron chi connectivity index (χ3n) is 12.3. The Labute approximate surface area is 375 Å². The summed E-state index contributed by atoms with van der Waals surface area (Å²) in [7, 11) is 4.05. The van der Waals surface area contributed by atoms with Crippen molar-refractivity contribution in [1.29, 1.82) is 0 Å². The number of benzene rings is 2. The molecule has 7 rings (SSSR count). The minimum atomic E-state index is 0.831. The number of nitrogens with one attached hydrogen (secondary N) is 2. The largest absolute Gasteiger partial charge is 0.378 e. The summed E-state index contributed by atoms with van der Waals surface area (Å²) in [5.74, 6) is 25.5. The zero-order chi connectivity index (χ0) is 44.6. The summed E-state index contributed by atoms with van der Waals surface area (Å²) < 4.78 is 0. The van der Waals surface area contributed by atoms with Crippen molar-refractivity contribution in [2.45, 2.75) is 107 Å². The second kappa shape index (κ2) is 19.9. The van der Waals surface area contributed by atoms with Gasteiger partial charge in [0.2, 0.25) is 0 Å². The van der Waals surface area contributed by atoms with E-state index in [0.717, 1.165) is 113 Å². The smallest absolute Gasteiger partial charge is 0.0851 e. The van der Waals surface area contributed by atoms with Crippen molar-refractivity contribution >= 4 is 50.0 Å². The summed E-state index contributed by atoms with van der Waals surface area (Å²) in [6, 6.07) is 23.0. The molecule has 5 heteroatoms. The highest BCUT2D eigenvalue weighted by Gasteiger charge is 2.27. The molecule has 5 nitrogen and oxygen atoms in total. The van der Waals surface area contributed by atoms with Crippen LogP contribution in [0.2, 0.25) is 0 Å². The van der Waals surface area contributed by atoms with Crippen LogP contribution in [0.5, 0.6) is 0 Å². The van der Waals surface area contributed by atoms with Crippen molar-refractivity contribution in [3.05, 3.63) is 134 Å². The molecule has 0 radical (unpaired) electrons. The van der Waals surface area contributed by atoms with Gasteiger partial charge < -0.3 is 14.9 Å². The number of anilines is 1. The summed E-state index contributed by atoms with van der Waals surface area (Å²) in [6.45, 7) is 18.0. The van der Waals surface area contributed by atoms with E-state index >= 15 is 0 Å². The predicted molar refractivity (Wildman–Crippen MR) is 268 cm³/mol. The fourth-order valence-corrected chi connectivity index (χ4v) is 9.19. The molecule has 316 valence electrons. The fraction of sp³-hybridized carbons (Fsp3) is 0.310. The number of nitrogens with zero attached hydrogens (tertiary/aromatic N) is 3. The van der Waals surface area contributed by atoms with E-state index in [1.165, 1.54) is 55.6 Å². The first-order valence-electron chi connectivity index (χ1n) is 22.9. The molecule has 2 aliphatic rings. The monoisotopic (exact) mass is 825 g/mol. The van der Waals surface area contributed by atoms with E-state index in [1.54, 1.807) is 0 Å². The number of fused-ring (bicyclic) bond motifs is 8. The molecule has 0 aliphatic carbocycles. The molecule has 63 heavy (non-hydrogen) atoms. The minimum Gasteiger partial charge on any atom is -0.378 e. The third kappa shape index (κ3) is 9.03. The van der Waals surface area contributed by atoms with Crippen molar-refractivity contribution in [2.24, 2.45) is 0 Å². The Morgan fingerprint density at radius 2 is 0.746 bits per heavy atom. The number of rotatable bonds is 9. The summed E-state index contributed by atoms with van der Waals surface area (Å²) in [5.41, 5.74) is 23.5. The van der Waals surface area contributed by atoms with E-state index < -0.39 is 0 Å². The van der Waals surface area contributed by atoms with E-state index in [9.17, 15) is 0 Å². The molecule has 0 saturated carbocycles. The lowest BCUT2D eigenvalue weighted by atomic mass is 9.94. The first kappa shape index (κ1) is 44.1. The molecule has 0 saturated heterocycles. The molecular formula is C58H59N5. The molecule has 0 unspecified atom stereocenters. The van der Waals surface area contributed by atoms with Crippen LogP contribution in [0.3, 0.4) is 0 Å². The van der Waals surface area contributed by atoms with E-state index in [2.05, 4.69) is 148 Å². The van der Waals surface area contributed by atoms with Gasteiger partial charge in [-0.15, -0.1) is 0 Å². The molecule has 3 aromatic heterocycles. The molecule has 2 N–H and O–H groups in total. The molecule has 5 heterocycles. The Morgan fingerprint density at radius 1 is 0.413 bits per heavy atom. The second-order valence-electron chi connectivity index (χ2n) is 16.1. The standard InChI is InChI=1S/C58H59N5/c1-11-42-44(13-3)53-36-55-46(15-5)48(17-7)57(61-55)50(26-22-21-25-39-29-27-38(28-30-39)23-19-20-24-40-31-33-41(34-32-40)63(9)10)58-49(18-8)47(16-6)56(62-58)37-54-45(14-4)43(12-2)52(60-54)35-51(42)59-53/h27-37,59-60H,11-18H2,1-10H3. The Kier molecular flexibility index (Phi) is 13.9. The van der Waals surface area contributed by atoms with Crippen LogP contribution in [0.15, 0.2) is 66.7 Å². The van der Waals surface area contributed by atoms with Gasteiger partial charge in [-0.25, -0.2) is 9.97 Å². The summed E-state index contributed by atoms with van der Waals surface area (Å²) in [6.07, 6.45) is 7.13. The van der Waals surface area contributed by atoms with Crippen LogP contribution in [-0.2, 0) is 25.7 Å². The Hall–Kier alpha value is -6.92. The van der Waals surface area contributed by atoms with Gasteiger partial charge in [0.05, 0.1) is 28.3 Å². The quantitative estimate of drug-likeness (QED) is 0.146. The van der Waals surface area contributed by atoms with Gasteiger partial charge in [0, 0.05) is 58.5 Å². The van der Waals surface area contributed by atoms with Crippen LogP contribution in [0.1, 0.15) is 148 Å². The number of hydrogen-bond donors (Lipinski definition) is 2. The maximum absolute atomic E-state index is 5.51. The van der Waals surface area contributed by atoms with Gasteiger partial charge in [-0.1, -0.05) is 73.2 Å². The van der Waals surface area contributed by atoms with E-state index in [4.69, 9.17) is 9.97 Å². The lowest BCUT2D eigenvalue weighted by Gasteiger charge is -2.11. The zero-order valence-electron chi connectivity index (χ0n) is 38.8. The number of hydrogen-bond acceptors (Lipinski definition) is 3. The SMILES string of the molecule is CCC1=C(CC)c2nc1cc1[nH]c(cc3[nH]c(cc4nc(c2C#CC#Cc2ccc(C#CC#Cc5ccc(N(C)C)cc5)cc2)C(CC)=C4CC)c(CC)c3CC)c(CC)c1CC. The zero-order valence-corrected chi connectivity index (χ0v) is 38.8. The van der Waals surface area contributed by atoms with Crippen molar-refractivity contribution in [3.8, 4) is 47.4 Å². The normalized spacial score (nSPS) is 11.8. The van der Waals surface area contributed by atoms with Crippen LogP contribution in [-0.4, -0.2) is 34.0 Å². The van der Waals surface area contributed by atoms with Gasteiger partial charge in [0.15, 0.2) is 0 Å². The molecule has 0 spiro atoms. The topological polar surface area (TPSA) is 60.6 Å². The number of allylic oxidation sites excluding steroid dienone is 4. The van der Waals surface area contributed by atoms with Crippen LogP contribution in [0.25, 0.3) is 44.4 Å². The lowest BCUT2D eigenvalue weighted by Crippen LogP contribution is -2.07. The van der Waals surface area contributed by atoms with Gasteiger partial charge in [0.25, 0.3) is 0 Å². The van der Waals surface area contributed by atoms with Crippen LogP contribution >= 0.6 is 0 Å². The molecule has 0 fully saturated rings. The molecule has 2 aromatic carbocycles. The average Bonchev–Trinajstić information content (AvgIpc) is 4.04. The molecule has 0 amide bonds. The number of aromatic nitrogens is 4. The molecule has 0 atom stereocenters. The van der Waals surface area contributed by atoms with E-state index in [-0.39, 0.29) is 0 Å². The Balaban J connectivity index is 1.40. The maximum Gasteiger partial charge on any atom is 0.0851 e. The third-order valence-corrected chi connectivity index (χ3v) is 12.3. The Morgan fingerprint density at radius 3 is 1.08 bits per heavy atom. The van der Waals surface area contributed by atoms with Gasteiger partial charge in [-0.3, -0.25) is 0 Å². The van der Waals surface area contributed by atoms with Gasteiger partial charge in [-0.05, 0) is 192 Å². The van der Waals surface area contributed by atoms with Crippen LogP contribution in [0, 0.1) is 47.4 Å². The van der Waals surface area contributed by atoms with Crippen molar-refractivity contribution in [1.82, 2.24) is 19.9 Å². The fourth-order valence-electron chi connectivity index (χ4n) is 9.19. The summed E-state index contributed by atoms with van der Waals surface area (Å²) in [4.78, 5) is 20.8. The molecule has 8 bridgehead atoms. The predicted octanol–water partition coefficient (Wildman–Crippen LogP) is 12.9. The number of H-pyrrole nitrogens is 2. The molecule has 5 aromatic rings. The van der Waals surface area contributed by atoms with Crippen molar-refractivity contribution in [2.75, 3.05) is 19.0 Å². The van der Waals surface area contributed by atoms with Gasteiger partial charge in [0.1, 0.15) is 0 Å². The summed E-state index contributed by atoms with van der Waals surface area (Å²) >= 11 is 0. The Bertz CT molecular complexity index is 2940. The maximum atomic E-state index is 5.51. The van der Waals surface area contributed by atoms with Crippen molar-refractivity contribution in [3.63, 3.8) is 0 Å². The number of aromatic amines is 2. The van der Waals surface area contributed by atoms with Crippen LogP contribution < -0.4 is 4.90 Å². The molecule has 2 aliphatic heterocycles. The highest BCUT2D eigenvalue weighted by molar-refractivity contribution is 5.99. The van der Waals surface area contributed by atoms with Crippen LogP contribution in [0.4, 0.5) is 5.69 Å². The molecular weight excluding hydrogens is 767 g/mol. The highest BCUT2D eigenvalue weighted by atomic mass is 15.1. The van der Waals surface area contributed by atoms with Gasteiger partial charge >= 0.3 is 0 Å².